The maximum atomic E-state index is 3.77. The van der Waals surface area contributed by atoms with Gasteiger partial charge in [0.2, 0.25) is 0 Å². The van der Waals surface area contributed by atoms with Gasteiger partial charge < -0.3 is 12.4 Å². The van der Waals surface area contributed by atoms with Crippen molar-refractivity contribution in [3.63, 3.8) is 0 Å². The van der Waals surface area contributed by atoms with Crippen molar-refractivity contribution in [2.75, 3.05) is 0 Å². The largest absolute Gasteiger partial charge is 1.00 e. The third-order valence-electron chi connectivity index (χ3n) is 1.47. The van der Waals surface area contributed by atoms with E-state index >= 15 is 0 Å². The SMILES string of the molecule is C=CC[Te+]1CCCC1.[Cl-]. The van der Waals surface area contributed by atoms with E-state index in [4.69, 9.17) is 0 Å². The second-order valence-corrected chi connectivity index (χ2v) is 8.96. The fraction of sp³-hybridized carbons (Fsp3) is 0.714. The first-order chi connectivity index (χ1) is 3.93. The summed E-state index contributed by atoms with van der Waals surface area (Å²) in [6.45, 7) is 3.77. The molecule has 0 bridgehead atoms. The second kappa shape index (κ2) is 5.59. The molecule has 0 aromatic heterocycles. The standard InChI is InChI=1S/C7H13Te.ClH/c1-2-5-8-6-3-4-7-8;/h2H,1,3-7H2;1H/q+1;/p-1. The number of halogens is 1. The Morgan fingerprint density at radius 3 is 2.33 bits per heavy atom. The van der Waals surface area contributed by atoms with Crippen molar-refractivity contribution in [3.05, 3.63) is 12.7 Å². The van der Waals surface area contributed by atoms with Crippen LogP contribution in [-0.2, 0) is 0 Å². The second-order valence-electron chi connectivity index (χ2n) is 2.18. The van der Waals surface area contributed by atoms with Crippen molar-refractivity contribution in [2.24, 2.45) is 0 Å². The summed E-state index contributed by atoms with van der Waals surface area (Å²) >= 11 is -0.466. The molecule has 0 aliphatic carbocycles. The monoisotopic (exact) mass is 262 g/mol. The van der Waals surface area contributed by atoms with Crippen LogP contribution in [0.4, 0.5) is 0 Å². The normalized spacial score (nSPS) is 19.1. The molecule has 0 unspecified atom stereocenters. The van der Waals surface area contributed by atoms with Crippen LogP contribution in [0.1, 0.15) is 12.8 Å². The van der Waals surface area contributed by atoms with E-state index in [1.165, 1.54) is 17.3 Å². The van der Waals surface area contributed by atoms with Crippen LogP contribution in [0.2, 0.25) is 13.4 Å². The van der Waals surface area contributed by atoms with Crippen LogP contribution in [-0.4, -0.2) is 19.6 Å². The molecule has 1 fully saturated rings. The smallest absolute Gasteiger partial charge is 1.00 e. The summed E-state index contributed by atoms with van der Waals surface area (Å²) < 4.78 is 4.66. The van der Waals surface area contributed by atoms with Gasteiger partial charge >= 0.3 is 58.5 Å². The van der Waals surface area contributed by atoms with Crippen LogP contribution in [0.3, 0.4) is 0 Å². The molecule has 0 amide bonds. The Morgan fingerprint density at radius 1 is 1.33 bits per heavy atom. The third-order valence-corrected chi connectivity index (χ3v) is 8.43. The average molecular weight is 260 g/mol. The zero-order chi connectivity index (χ0) is 5.82. The summed E-state index contributed by atoms with van der Waals surface area (Å²) in [6, 6.07) is 0. The summed E-state index contributed by atoms with van der Waals surface area (Å²) in [5.74, 6) is 0. The third kappa shape index (κ3) is 3.50. The van der Waals surface area contributed by atoms with E-state index in [0.717, 1.165) is 0 Å². The molecule has 1 heterocycles. The molecule has 2 heteroatoms. The molecular weight excluding hydrogens is 247 g/mol. The molecule has 1 aliphatic rings. The molecule has 54 valence electrons. The van der Waals surface area contributed by atoms with Crippen molar-refractivity contribution in [2.45, 2.75) is 26.2 Å². The van der Waals surface area contributed by atoms with E-state index in [-0.39, 0.29) is 12.4 Å². The van der Waals surface area contributed by atoms with Gasteiger partial charge in [-0.1, -0.05) is 0 Å². The Kier molecular flexibility index (Phi) is 6.10. The minimum Gasteiger partial charge on any atom is -1.00 e. The Hall–Kier alpha value is 0.820. The molecule has 0 nitrogen and oxygen atoms in total. The number of rotatable bonds is 2. The van der Waals surface area contributed by atoms with Crippen LogP contribution in [0.5, 0.6) is 0 Å². The Labute approximate surface area is 70.8 Å². The summed E-state index contributed by atoms with van der Waals surface area (Å²) in [6.07, 6.45) is 5.19. The Morgan fingerprint density at radius 2 is 1.89 bits per heavy atom. The number of hydrogen-bond acceptors (Lipinski definition) is 0. The molecule has 1 rings (SSSR count). The molecule has 0 N–H and O–H groups in total. The van der Waals surface area contributed by atoms with Crippen LogP contribution in [0, 0.1) is 0 Å². The summed E-state index contributed by atoms with van der Waals surface area (Å²) in [4.78, 5) is 0. The van der Waals surface area contributed by atoms with Crippen LogP contribution >= 0.6 is 0 Å². The fourth-order valence-electron chi connectivity index (χ4n) is 1.05. The molecule has 0 aromatic carbocycles. The fourth-order valence-corrected chi connectivity index (χ4v) is 7.03. The van der Waals surface area contributed by atoms with Crippen molar-refractivity contribution in [3.8, 4) is 0 Å². The molecule has 1 saturated heterocycles. The van der Waals surface area contributed by atoms with E-state index < -0.39 is 19.6 Å². The molecule has 0 radical (unpaired) electrons. The Balaban J connectivity index is 0.000000640. The predicted octanol–water partition coefficient (Wildman–Crippen LogP) is -0.535. The minimum atomic E-state index is -0.466. The van der Waals surface area contributed by atoms with Gasteiger partial charge in [0.25, 0.3) is 0 Å². The van der Waals surface area contributed by atoms with Crippen molar-refractivity contribution in [1.29, 1.82) is 0 Å². The molecule has 1 aliphatic heterocycles. The van der Waals surface area contributed by atoms with Crippen LogP contribution < -0.4 is 12.4 Å². The van der Waals surface area contributed by atoms with Crippen molar-refractivity contribution < 1.29 is 12.4 Å². The average Bonchev–Trinajstić information content (AvgIpc) is 2.19. The van der Waals surface area contributed by atoms with Crippen LogP contribution in [0.15, 0.2) is 12.7 Å². The predicted molar refractivity (Wildman–Crippen MR) is 39.6 cm³/mol. The zero-order valence-electron chi connectivity index (χ0n) is 5.61. The maximum Gasteiger partial charge on any atom is -1.00 e. The van der Waals surface area contributed by atoms with E-state index in [2.05, 4.69) is 12.7 Å². The molecule has 0 saturated carbocycles. The minimum absolute atomic E-state index is 0. The number of allylic oxidation sites excluding steroid dienone is 1. The molecular formula is C7H13ClTe. The number of hydrogen-bond donors (Lipinski definition) is 0. The van der Waals surface area contributed by atoms with E-state index in [9.17, 15) is 0 Å². The van der Waals surface area contributed by atoms with Crippen molar-refractivity contribution in [1.82, 2.24) is 0 Å². The van der Waals surface area contributed by atoms with Gasteiger partial charge in [0.1, 0.15) is 0 Å². The van der Waals surface area contributed by atoms with Gasteiger partial charge in [-0.3, -0.25) is 0 Å². The molecule has 0 aromatic rings. The summed E-state index contributed by atoms with van der Waals surface area (Å²) in [5, 5.41) is 0. The first-order valence-electron chi connectivity index (χ1n) is 3.18. The quantitative estimate of drug-likeness (QED) is 0.462. The van der Waals surface area contributed by atoms with Crippen molar-refractivity contribution >= 4 is 19.6 Å². The van der Waals surface area contributed by atoms with Crippen LogP contribution in [0.25, 0.3) is 0 Å². The summed E-state index contributed by atoms with van der Waals surface area (Å²) in [7, 11) is 0. The first-order valence-corrected chi connectivity index (χ1v) is 8.13. The molecule has 9 heavy (non-hydrogen) atoms. The van der Waals surface area contributed by atoms with E-state index in [0.29, 0.717) is 0 Å². The van der Waals surface area contributed by atoms with Gasteiger partial charge in [0.15, 0.2) is 0 Å². The van der Waals surface area contributed by atoms with Gasteiger partial charge in [-0.25, -0.2) is 0 Å². The van der Waals surface area contributed by atoms with Gasteiger partial charge in [-0.05, 0) is 0 Å². The van der Waals surface area contributed by atoms with E-state index in [1.54, 1.807) is 8.94 Å². The topological polar surface area (TPSA) is 0 Å². The molecule has 0 atom stereocenters. The first kappa shape index (κ1) is 9.82. The van der Waals surface area contributed by atoms with Gasteiger partial charge in [0, 0.05) is 0 Å². The van der Waals surface area contributed by atoms with Gasteiger partial charge in [0.05, 0.1) is 0 Å². The Bertz CT molecular complexity index is 77.0. The molecule has 0 spiro atoms. The van der Waals surface area contributed by atoms with Gasteiger partial charge in [-0.2, -0.15) is 0 Å². The maximum absolute atomic E-state index is 3.77. The van der Waals surface area contributed by atoms with E-state index in [1.807, 2.05) is 0 Å². The van der Waals surface area contributed by atoms with Gasteiger partial charge in [-0.15, -0.1) is 0 Å². The zero-order valence-corrected chi connectivity index (χ0v) is 8.69. The summed E-state index contributed by atoms with van der Waals surface area (Å²) in [5.41, 5.74) is 0.